The van der Waals surface area contributed by atoms with Crippen molar-refractivity contribution in [2.24, 2.45) is 7.05 Å². The van der Waals surface area contributed by atoms with Gasteiger partial charge in [-0.15, -0.1) is 0 Å². The van der Waals surface area contributed by atoms with Crippen molar-refractivity contribution in [3.8, 4) is 0 Å². The minimum atomic E-state index is -0.140. The summed E-state index contributed by atoms with van der Waals surface area (Å²) in [6.07, 6.45) is 3.11. The molecule has 0 atom stereocenters. The summed E-state index contributed by atoms with van der Waals surface area (Å²) in [5.41, 5.74) is 4.71. The zero-order chi connectivity index (χ0) is 16.4. The summed E-state index contributed by atoms with van der Waals surface area (Å²) in [5, 5.41) is 13.8. The number of rotatable bonds is 5. The number of aryl methyl sites for hydroxylation is 3. The molecular weight excluding hydrogens is 288 g/mol. The highest BCUT2D eigenvalue weighted by Gasteiger charge is 2.07. The van der Waals surface area contributed by atoms with E-state index in [2.05, 4.69) is 58.2 Å². The number of nitrogens with one attached hydrogen (secondary N) is 1. The summed E-state index contributed by atoms with van der Waals surface area (Å²) in [6, 6.07) is 8.45. The molecule has 0 bridgehead atoms. The van der Waals surface area contributed by atoms with E-state index in [9.17, 15) is 5.11 Å². The minimum Gasteiger partial charge on any atom is -0.388 e. The molecule has 0 aliphatic carbocycles. The van der Waals surface area contributed by atoms with E-state index < -0.39 is 0 Å². The SMILES string of the molecule is Cc1ccc2c(c1)c(CCNc1cc(C)nc(CO)n1)cn2C. The van der Waals surface area contributed by atoms with Crippen LogP contribution in [0.2, 0.25) is 0 Å². The smallest absolute Gasteiger partial charge is 0.156 e. The summed E-state index contributed by atoms with van der Waals surface area (Å²) < 4.78 is 2.17. The first-order valence-electron chi connectivity index (χ1n) is 7.80. The Bertz CT molecular complexity index is 838. The van der Waals surface area contributed by atoms with Gasteiger partial charge in [-0.2, -0.15) is 0 Å². The molecule has 0 spiro atoms. The fourth-order valence-electron chi connectivity index (χ4n) is 2.90. The van der Waals surface area contributed by atoms with Crippen LogP contribution in [0, 0.1) is 13.8 Å². The zero-order valence-corrected chi connectivity index (χ0v) is 13.8. The molecule has 0 aliphatic heterocycles. The number of aromatic nitrogens is 3. The van der Waals surface area contributed by atoms with Gasteiger partial charge in [0, 0.05) is 42.5 Å². The van der Waals surface area contributed by atoms with Crippen molar-refractivity contribution in [1.29, 1.82) is 0 Å². The lowest BCUT2D eigenvalue weighted by Gasteiger charge is -2.07. The maximum absolute atomic E-state index is 9.18. The van der Waals surface area contributed by atoms with Crippen LogP contribution in [0.3, 0.4) is 0 Å². The monoisotopic (exact) mass is 310 g/mol. The van der Waals surface area contributed by atoms with Crippen LogP contribution >= 0.6 is 0 Å². The molecule has 2 N–H and O–H groups in total. The molecule has 0 radical (unpaired) electrons. The number of nitrogens with zero attached hydrogens (tertiary/aromatic N) is 3. The summed E-state index contributed by atoms with van der Waals surface area (Å²) in [4.78, 5) is 8.46. The number of hydrogen-bond donors (Lipinski definition) is 2. The van der Waals surface area contributed by atoms with Gasteiger partial charge in [-0.25, -0.2) is 9.97 Å². The van der Waals surface area contributed by atoms with Gasteiger partial charge in [-0.05, 0) is 38.0 Å². The second-order valence-corrected chi connectivity index (χ2v) is 5.93. The first-order valence-corrected chi connectivity index (χ1v) is 7.80. The van der Waals surface area contributed by atoms with Crippen LogP contribution in [0.5, 0.6) is 0 Å². The Morgan fingerprint density at radius 3 is 2.78 bits per heavy atom. The van der Waals surface area contributed by atoms with Gasteiger partial charge in [-0.1, -0.05) is 11.6 Å². The topological polar surface area (TPSA) is 63.0 Å². The molecule has 2 aromatic heterocycles. The molecule has 1 aromatic carbocycles. The Labute approximate surface area is 136 Å². The van der Waals surface area contributed by atoms with Crippen molar-refractivity contribution in [2.75, 3.05) is 11.9 Å². The molecule has 2 heterocycles. The van der Waals surface area contributed by atoms with Crippen LogP contribution in [0.15, 0.2) is 30.5 Å². The maximum atomic E-state index is 9.18. The first kappa shape index (κ1) is 15.5. The third-order valence-electron chi connectivity index (χ3n) is 3.97. The number of anilines is 1. The van der Waals surface area contributed by atoms with Crippen molar-refractivity contribution in [1.82, 2.24) is 14.5 Å². The van der Waals surface area contributed by atoms with Gasteiger partial charge in [0.1, 0.15) is 12.4 Å². The molecule has 0 fully saturated rings. The number of aliphatic hydroxyl groups excluding tert-OH is 1. The molecule has 3 aromatic rings. The van der Waals surface area contributed by atoms with E-state index in [-0.39, 0.29) is 6.61 Å². The van der Waals surface area contributed by atoms with Crippen LogP contribution in [0.4, 0.5) is 5.82 Å². The van der Waals surface area contributed by atoms with Gasteiger partial charge in [0.05, 0.1) is 0 Å². The average molecular weight is 310 g/mol. The average Bonchev–Trinajstić information content (AvgIpc) is 2.82. The standard InChI is InChI=1S/C18H22N4O/c1-12-4-5-16-15(8-12)14(10-22(16)3)6-7-19-17-9-13(2)20-18(11-23)21-17/h4-5,8-10,23H,6-7,11H2,1-3H3,(H,19,20,21). The number of hydrogen-bond acceptors (Lipinski definition) is 4. The molecule has 0 saturated heterocycles. The van der Waals surface area contributed by atoms with Crippen LogP contribution in [0.1, 0.15) is 22.6 Å². The lowest BCUT2D eigenvalue weighted by Crippen LogP contribution is -2.08. The van der Waals surface area contributed by atoms with Gasteiger partial charge in [-0.3, -0.25) is 0 Å². The van der Waals surface area contributed by atoms with Crippen molar-refractivity contribution in [3.05, 3.63) is 53.1 Å². The third-order valence-corrected chi connectivity index (χ3v) is 3.97. The van der Waals surface area contributed by atoms with Crippen LogP contribution in [0.25, 0.3) is 10.9 Å². The molecule has 23 heavy (non-hydrogen) atoms. The lowest BCUT2D eigenvalue weighted by atomic mass is 10.1. The fourth-order valence-corrected chi connectivity index (χ4v) is 2.90. The Kier molecular flexibility index (Phi) is 4.30. The first-order chi connectivity index (χ1) is 11.1. The van der Waals surface area contributed by atoms with E-state index >= 15 is 0 Å². The van der Waals surface area contributed by atoms with Gasteiger partial charge >= 0.3 is 0 Å². The number of benzene rings is 1. The molecule has 3 rings (SSSR count). The highest BCUT2D eigenvalue weighted by atomic mass is 16.3. The minimum absolute atomic E-state index is 0.140. The van der Waals surface area contributed by atoms with E-state index in [0.717, 1.165) is 24.5 Å². The third kappa shape index (κ3) is 3.35. The molecule has 0 saturated carbocycles. The maximum Gasteiger partial charge on any atom is 0.156 e. The van der Waals surface area contributed by atoms with Gasteiger partial charge < -0.3 is 15.0 Å². The van der Waals surface area contributed by atoms with Gasteiger partial charge in [0.2, 0.25) is 0 Å². The van der Waals surface area contributed by atoms with E-state index in [1.807, 2.05) is 13.0 Å². The second kappa shape index (κ2) is 6.38. The molecule has 5 nitrogen and oxygen atoms in total. The normalized spacial score (nSPS) is 11.1. The number of fused-ring (bicyclic) bond motifs is 1. The zero-order valence-electron chi connectivity index (χ0n) is 13.8. The molecule has 0 amide bonds. The quantitative estimate of drug-likeness (QED) is 0.760. The Morgan fingerprint density at radius 1 is 1.17 bits per heavy atom. The van der Waals surface area contributed by atoms with Crippen molar-refractivity contribution >= 4 is 16.7 Å². The summed E-state index contributed by atoms with van der Waals surface area (Å²) >= 11 is 0. The lowest BCUT2D eigenvalue weighted by molar-refractivity contribution is 0.271. The largest absolute Gasteiger partial charge is 0.388 e. The summed E-state index contributed by atoms with van der Waals surface area (Å²) in [6.45, 7) is 4.67. The summed E-state index contributed by atoms with van der Waals surface area (Å²) in [5.74, 6) is 1.21. The van der Waals surface area contributed by atoms with Crippen molar-refractivity contribution in [2.45, 2.75) is 26.9 Å². The molecule has 0 aliphatic rings. The van der Waals surface area contributed by atoms with Gasteiger partial charge in [0.25, 0.3) is 0 Å². The highest BCUT2D eigenvalue weighted by molar-refractivity contribution is 5.84. The predicted molar refractivity (Wildman–Crippen MR) is 92.5 cm³/mol. The Morgan fingerprint density at radius 2 is 2.00 bits per heavy atom. The predicted octanol–water partition coefficient (Wildman–Crippen LogP) is 2.73. The van der Waals surface area contributed by atoms with E-state index in [1.165, 1.54) is 22.0 Å². The molecular formula is C18H22N4O. The Hall–Kier alpha value is -2.40. The van der Waals surface area contributed by atoms with Crippen LogP contribution < -0.4 is 5.32 Å². The number of aliphatic hydroxyl groups is 1. The van der Waals surface area contributed by atoms with Gasteiger partial charge in [0.15, 0.2) is 5.82 Å². The summed E-state index contributed by atoms with van der Waals surface area (Å²) in [7, 11) is 2.08. The molecule has 120 valence electrons. The molecule has 5 heteroatoms. The van der Waals surface area contributed by atoms with Crippen molar-refractivity contribution < 1.29 is 5.11 Å². The molecule has 0 unspecified atom stereocenters. The van der Waals surface area contributed by atoms with E-state index in [4.69, 9.17) is 0 Å². The van der Waals surface area contributed by atoms with E-state index in [1.54, 1.807) is 0 Å². The van der Waals surface area contributed by atoms with E-state index in [0.29, 0.717) is 5.82 Å². The van der Waals surface area contributed by atoms with Crippen LogP contribution in [-0.2, 0) is 20.1 Å². The van der Waals surface area contributed by atoms with Crippen LogP contribution in [-0.4, -0.2) is 26.2 Å². The highest BCUT2D eigenvalue weighted by Crippen LogP contribution is 2.22. The fraction of sp³-hybridized carbons (Fsp3) is 0.333. The Balaban J connectivity index is 1.74. The second-order valence-electron chi connectivity index (χ2n) is 5.93. The van der Waals surface area contributed by atoms with Crippen molar-refractivity contribution in [3.63, 3.8) is 0 Å².